The second-order valence-electron chi connectivity index (χ2n) is 3.91. The van der Waals surface area contributed by atoms with Gasteiger partial charge < -0.3 is 15.4 Å². The molecule has 0 spiro atoms. The van der Waals surface area contributed by atoms with Gasteiger partial charge in [0.2, 0.25) is 0 Å². The zero-order chi connectivity index (χ0) is 13.6. The van der Waals surface area contributed by atoms with Crippen molar-refractivity contribution in [2.75, 3.05) is 13.0 Å². The smallest absolute Gasteiger partial charge is 0.410 e. The molecule has 1 aliphatic rings. The van der Waals surface area contributed by atoms with Gasteiger partial charge in [0.05, 0.1) is 2.74 Å². The highest BCUT2D eigenvalue weighted by Crippen LogP contribution is 2.13. The van der Waals surface area contributed by atoms with Crippen LogP contribution in [0.5, 0.6) is 0 Å². The van der Waals surface area contributed by atoms with Crippen molar-refractivity contribution in [2.24, 2.45) is 5.73 Å². The minimum atomic E-state index is -2.24. The van der Waals surface area contributed by atoms with Gasteiger partial charge in [-0.3, -0.25) is 0 Å². The zero-order valence-electron chi connectivity index (χ0n) is 12.1. The molecule has 0 aromatic rings. The summed E-state index contributed by atoms with van der Waals surface area (Å²) in [6.45, 7) is 0.515. The molecule has 1 rings (SSSR count). The van der Waals surface area contributed by atoms with Gasteiger partial charge in [0.25, 0.3) is 0 Å². The van der Waals surface area contributed by atoms with Crippen LogP contribution >= 0.6 is 0 Å². The van der Waals surface area contributed by atoms with Gasteiger partial charge in [-0.15, -0.1) is 0 Å². The monoisotopic (exact) mass is 190 g/mol. The van der Waals surface area contributed by atoms with Gasteiger partial charge in [0.1, 0.15) is 5.60 Å². The van der Waals surface area contributed by atoms with E-state index in [0.29, 0.717) is 4.90 Å². The fourth-order valence-corrected chi connectivity index (χ4v) is 0.872. The van der Waals surface area contributed by atoms with Crippen LogP contribution in [0.4, 0.5) is 4.79 Å². The Bertz CT molecular complexity index is 327. The average molecular weight is 190 g/mol. The van der Waals surface area contributed by atoms with Crippen LogP contribution in [0.25, 0.3) is 0 Å². The Balaban J connectivity index is 2.98. The predicted molar refractivity (Wildman–Crippen MR) is 50.4 cm³/mol. The van der Waals surface area contributed by atoms with Crippen LogP contribution in [-0.2, 0) is 4.74 Å². The zero-order valence-corrected chi connectivity index (χ0v) is 8.13. The van der Waals surface area contributed by atoms with Gasteiger partial charge in [-0.05, 0) is 27.2 Å². The van der Waals surface area contributed by atoms with E-state index in [2.05, 4.69) is 0 Å². The summed E-state index contributed by atoms with van der Waals surface area (Å²) in [7, 11) is 0. The van der Waals surface area contributed by atoms with Gasteiger partial charge in [-0.2, -0.15) is 0 Å². The lowest BCUT2D eigenvalue weighted by molar-refractivity contribution is 0.0293. The molecule has 76 valence electrons. The van der Waals surface area contributed by atoms with Gasteiger partial charge in [0.15, 0.2) is 0 Å². The van der Waals surface area contributed by atoms with E-state index in [1.165, 1.54) is 0 Å². The Morgan fingerprint density at radius 1 is 1.69 bits per heavy atom. The highest BCUT2D eigenvalue weighted by molar-refractivity contribution is 5.68. The van der Waals surface area contributed by atoms with E-state index in [1.807, 2.05) is 0 Å². The lowest BCUT2D eigenvalue weighted by atomic mass is 10.2. The number of ether oxygens (including phenoxy) is 1. The molecule has 0 bridgehead atoms. The van der Waals surface area contributed by atoms with E-state index in [-0.39, 0.29) is 6.42 Å². The molecule has 0 radical (unpaired) electrons. The molecule has 0 aromatic carbocycles. The Labute approximate surface area is 84.6 Å². The van der Waals surface area contributed by atoms with Crippen molar-refractivity contribution >= 4 is 6.09 Å². The van der Waals surface area contributed by atoms with E-state index in [4.69, 9.17) is 16.0 Å². The van der Waals surface area contributed by atoms with Gasteiger partial charge in [0, 0.05) is 21.8 Å². The van der Waals surface area contributed by atoms with Crippen molar-refractivity contribution in [3.05, 3.63) is 0 Å². The summed E-state index contributed by atoms with van der Waals surface area (Å²) < 4.78 is 35.6. The molecule has 2 N–H and O–H groups in total. The third-order valence-electron chi connectivity index (χ3n) is 1.34. The third kappa shape index (κ3) is 3.22. The molecule has 4 nitrogen and oxygen atoms in total. The first kappa shape index (κ1) is 5.86. The molecule has 0 aliphatic carbocycles. The number of hydrogen-bond acceptors (Lipinski definition) is 3. The highest BCUT2D eigenvalue weighted by atomic mass is 16.6. The number of nitrogens with two attached hydrogens (primary N) is 1. The Kier molecular flexibility index (Phi) is 1.59. The lowest BCUT2D eigenvalue weighted by Gasteiger charge is -2.24. The largest absolute Gasteiger partial charge is 0.444 e. The maximum absolute atomic E-state index is 11.8. The molecule has 1 atom stereocenters. The Hall–Kier alpha value is -0.770. The average Bonchev–Trinajstić information content (AvgIpc) is 2.11. The van der Waals surface area contributed by atoms with E-state index >= 15 is 0 Å². The number of carbonyl (C=O) groups excluding carboxylic acids is 1. The summed E-state index contributed by atoms with van der Waals surface area (Å²) in [5.74, 6) is 0. The standard InChI is InChI=1S/C9H18N2O2/c1-9(2,3)13-8(12)11-5-4-7(10)6-11/h7H,4-6,10H2,1-3H3/t7-/m0/s1/i5D2,6D2. The summed E-state index contributed by atoms with van der Waals surface area (Å²) >= 11 is 0. The van der Waals surface area contributed by atoms with Gasteiger partial charge in [-0.25, -0.2) is 4.79 Å². The number of rotatable bonds is 0. The Morgan fingerprint density at radius 2 is 2.31 bits per heavy atom. The number of likely N-dealkylation sites (tertiary alicyclic amines) is 1. The number of carbonyl (C=O) groups is 1. The van der Waals surface area contributed by atoms with Crippen LogP contribution in [0.2, 0.25) is 0 Å². The van der Waals surface area contributed by atoms with Crippen molar-refractivity contribution in [1.29, 1.82) is 0 Å². The van der Waals surface area contributed by atoms with Crippen LogP contribution in [0.15, 0.2) is 0 Å². The Morgan fingerprint density at radius 3 is 2.69 bits per heavy atom. The van der Waals surface area contributed by atoms with Crippen LogP contribution in [0, 0.1) is 0 Å². The summed E-state index contributed by atoms with van der Waals surface area (Å²) in [5, 5.41) is 0. The normalized spacial score (nSPS) is 35.7. The van der Waals surface area contributed by atoms with Crippen molar-refractivity contribution in [2.45, 2.75) is 38.8 Å². The lowest BCUT2D eigenvalue weighted by Crippen LogP contribution is -2.36. The van der Waals surface area contributed by atoms with E-state index in [9.17, 15) is 4.79 Å². The van der Waals surface area contributed by atoms with Crippen molar-refractivity contribution < 1.29 is 15.0 Å². The summed E-state index contributed by atoms with van der Waals surface area (Å²) in [5.41, 5.74) is 4.71. The second-order valence-corrected chi connectivity index (χ2v) is 3.91. The molecular formula is C9H18N2O2. The first-order valence-electron chi connectivity index (χ1n) is 6.17. The quantitative estimate of drug-likeness (QED) is 0.619. The van der Waals surface area contributed by atoms with Crippen LogP contribution in [0.1, 0.15) is 32.7 Å². The summed E-state index contributed by atoms with van der Waals surface area (Å²) in [6.07, 6.45) is -1.28. The van der Waals surface area contributed by atoms with Gasteiger partial charge >= 0.3 is 6.09 Å². The third-order valence-corrected chi connectivity index (χ3v) is 1.34. The fourth-order valence-electron chi connectivity index (χ4n) is 0.872. The minimum absolute atomic E-state index is 0.251. The van der Waals surface area contributed by atoms with Crippen molar-refractivity contribution in [3.63, 3.8) is 0 Å². The first-order chi connectivity index (χ1) is 7.38. The van der Waals surface area contributed by atoms with Crippen LogP contribution < -0.4 is 5.73 Å². The molecule has 0 saturated carbocycles. The van der Waals surface area contributed by atoms with Crippen molar-refractivity contribution in [3.8, 4) is 0 Å². The fraction of sp³-hybridized carbons (Fsp3) is 0.889. The molecule has 4 heteroatoms. The van der Waals surface area contributed by atoms with E-state index in [1.54, 1.807) is 20.8 Å². The molecule has 0 unspecified atom stereocenters. The summed E-state index contributed by atoms with van der Waals surface area (Å²) in [4.78, 5) is 12.3. The molecular weight excluding hydrogens is 168 g/mol. The maximum Gasteiger partial charge on any atom is 0.410 e. The number of hydrogen-bond donors (Lipinski definition) is 1. The topological polar surface area (TPSA) is 55.6 Å². The van der Waals surface area contributed by atoms with Crippen molar-refractivity contribution in [1.82, 2.24) is 4.90 Å². The van der Waals surface area contributed by atoms with E-state index < -0.39 is 30.7 Å². The maximum atomic E-state index is 11.8. The second kappa shape index (κ2) is 3.54. The minimum Gasteiger partial charge on any atom is -0.444 e. The molecule has 1 aliphatic heterocycles. The summed E-state index contributed by atoms with van der Waals surface area (Å²) in [6, 6.07) is -1.06. The van der Waals surface area contributed by atoms with Crippen LogP contribution in [-0.4, -0.2) is 35.6 Å². The number of nitrogens with zero attached hydrogens (tertiary/aromatic N) is 1. The first-order valence-corrected chi connectivity index (χ1v) is 4.17. The molecule has 1 saturated heterocycles. The number of amides is 1. The molecule has 1 amide bonds. The highest BCUT2D eigenvalue weighted by Gasteiger charge is 2.27. The molecule has 1 fully saturated rings. The molecule has 0 aromatic heterocycles. The molecule has 1 heterocycles. The predicted octanol–water partition coefficient (Wildman–Crippen LogP) is 0.955. The van der Waals surface area contributed by atoms with E-state index in [0.717, 1.165) is 0 Å². The SMILES string of the molecule is [2H]C1([2H])C[C@H](N)C([2H])([2H])N1C(=O)OC(C)(C)C. The van der Waals surface area contributed by atoms with Gasteiger partial charge in [-0.1, -0.05) is 0 Å². The molecule has 13 heavy (non-hydrogen) atoms. The van der Waals surface area contributed by atoms with Crippen LogP contribution in [0.3, 0.4) is 0 Å².